The molecule has 0 aliphatic heterocycles. The highest BCUT2D eigenvalue weighted by atomic mass is 79.9. The van der Waals surface area contributed by atoms with E-state index in [1.807, 2.05) is 60.7 Å². The van der Waals surface area contributed by atoms with Crippen LogP contribution in [-0.4, -0.2) is 10.9 Å². The van der Waals surface area contributed by atoms with Gasteiger partial charge in [-0.05, 0) is 68.1 Å². The lowest BCUT2D eigenvalue weighted by Crippen LogP contribution is -2.06. The van der Waals surface area contributed by atoms with E-state index in [4.69, 9.17) is 0 Å². The minimum atomic E-state index is 0.0173. The topological polar surface area (TPSA) is 37.3 Å². The molecule has 0 amide bonds. The molecule has 0 atom stereocenters. The fraction of sp³-hybridized carbons (Fsp3) is 0. The van der Waals surface area contributed by atoms with E-state index in [0.717, 1.165) is 27.8 Å². The molecule has 0 radical (unpaired) electrons. The summed E-state index contributed by atoms with van der Waals surface area (Å²) in [6, 6.07) is 23.2. The highest BCUT2D eigenvalue weighted by Gasteiger charge is 2.20. The van der Waals surface area contributed by atoms with Gasteiger partial charge < -0.3 is 5.11 Å². The van der Waals surface area contributed by atoms with Crippen LogP contribution in [0.1, 0.15) is 27.0 Å². The van der Waals surface area contributed by atoms with Crippen molar-refractivity contribution >= 4 is 32.9 Å². The third kappa shape index (κ3) is 2.91. The van der Waals surface area contributed by atoms with Gasteiger partial charge in [0, 0.05) is 5.56 Å². The van der Waals surface area contributed by atoms with Crippen molar-refractivity contribution in [1.29, 1.82) is 0 Å². The first-order valence-corrected chi connectivity index (χ1v) is 9.05. The van der Waals surface area contributed by atoms with Crippen LogP contribution in [0.5, 0.6) is 5.75 Å². The lowest BCUT2D eigenvalue weighted by Gasteiger charge is -2.19. The normalized spacial score (nSPS) is 14.9. The molecule has 0 saturated heterocycles. The summed E-state index contributed by atoms with van der Waals surface area (Å²) in [6.45, 7) is 0. The van der Waals surface area contributed by atoms with Gasteiger partial charge in [0.1, 0.15) is 5.75 Å². The van der Waals surface area contributed by atoms with Crippen molar-refractivity contribution in [2.24, 2.45) is 0 Å². The number of hydrogen-bond donors (Lipinski definition) is 1. The van der Waals surface area contributed by atoms with Crippen LogP contribution in [-0.2, 0) is 0 Å². The molecule has 0 spiro atoms. The highest BCUT2D eigenvalue weighted by Crippen LogP contribution is 2.38. The Labute approximate surface area is 160 Å². The molecule has 3 aromatic carbocycles. The molecule has 0 fully saturated rings. The molecule has 0 heterocycles. The molecule has 126 valence electrons. The number of carbonyl (C=O) groups is 1. The Hall–Kier alpha value is -2.91. The van der Waals surface area contributed by atoms with Crippen LogP contribution >= 0.6 is 15.9 Å². The molecule has 2 nitrogen and oxygen atoms in total. The van der Waals surface area contributed by atoms with Crippen molar-refractivity contribution in [2.45, 2.75) is 0 Å². The Morgan fingerprint density at radius 3 is 2.19 bits per heavy atom. The zero-order chi connectivity index (χ0) is 18.1. The van der Waals surface area contributed by atoms with Crippen LogP contribution in [0, 0.1) is 0 Å². The molecular weight excluding hydrogens is 388 g/mol. The van der Waals surface area contributed by atoms with Gasteiger partial charge in [-0.2, -0.15) is 0 Å². The van der Waals surface area contributed by atoms with Crippen LogP contribution in [0.25, 0.3) is 11.1 Å². The summed E-state index contributed by atoms with van der Waals surface area (Å²) in [6.07, 6.45) is 3.50. The zero-order valence-electron chi connectivity index (χ0n) is 13.8. The molecule has 1 aliphatic rings. The maximum absolute atomic E-state index is 12.3. The average Bonchev–Trinajstić information content (AvgIpc) is 2.68. The number of ketones is 1. The molecule has 4 rings (SSSR count). The van der Waals surface area contributed by atoms with Crippen molar-refractivity contribution in [1.82, 2.24) is 0 Å². The standard InChI is InChI=1S/C23H15BrO2/c24-20-14-16(10-12-22(20)26)23(15-6-2-1-3-7-15)19-11-13-21(25)18-9-5-4-8-17(18)19/h1-14,26H/b23-19-. The van der Waals surface area contributed by atoms with E-state index in [9.17, 15) is 9.90 Å². The summed E-state index contributed by atoms with van der Waals surface area (Å²) in [5.74, 6) is 0.213. The summed E-state index contributed by atoms with van der Waals surface area (Å²) >= 11 is 3.41. The van der Waals surface area contributed by atoms with Gasteiger partial charge >= 0.3 is 0 Å². The van der Waals surface area contributed by atoms with Gasteiger partial charge in [0.2, 0.25) is 0 Å². The molecular formula is C23H15BrO2. The number of phenols is 1. The number of allylic oxidation sites excluding steroid dienone is 3. The number of benzene rings is 3. The van der Waals surface area contributed by atoms with Gasteiger partial charge in [-0.25, -0.2) is 0 Å². The molecule has 0 bridgehead atoms. The van der Waals surface area contributed by atoms with Crippen molar-refractivity contribution in [2.75, 3.05) is 0 Å². The molecule has 0 aromatic heterocycles. The predicted octanol–water partition coefficient (Wildman–Crippen LogP) is 5.87. The van der Waals surface area contributed by atoms with Crippen LogP contribution in [0.3, 0.4) is 0 Å². The summed E-state index contributed by atoms with van der Waals surface area (Å²) in [5.41, 5.74) is 5.64. The Morgan fingerprint density at radius 2 is 1.46 bits per heavy atom. The third-order valence-electron chi connectivity index (χ3n) is 4.45. The van der Waals surface area contributed by atoms with Gasteiger partial charge in [-0.1, -0.05) is 60.7 Å². The smallest absolute Gasteiger partial charge is 0.186 e. The number of aromatic hydroxyl groups is 1. The molecule has 1 aliphatic carbocycles. The fourth-order valence-corrected chi connectivity index (χ4v) is 3.61. The quantitative estimate of drug-likeness (QED) is 0.582. The fourth-order valence-electron chi connectivity index (χ4n) is 3.23. The van der Waals surface area contributed by atoms with Gasteiger partial charge in [0.25, 0.3) is 0 Å². The molecule has 3 heteroatoms. The second kappa shape index (κ2) is 6.77. The summed E-state index contributed by atoms with van der Waals surface area (Å²) in [5, 5.41) is 9.88. The average molecular weight is 403 g/mol. The second-order valence-electron chi connectivity index (χ2n) is 6.06. The van der Waals surface area contributed by atoms with E-state index in [2.05, 4.69) is 28.1 Å². The van der Waals surface area contributed by atoms with Crippen LogP contribution in [0.2, 0.25) is 0 Å². The largest absolute Gasteiger partial charge is 0.507 e. The maximum atomic E-state index is 12.3. The van der Waals surface area contributed by atoms with Gasteiger partial charge in [0.05, 0.1) is 4.47 Å². The van der Waals surface area contributed by atoms with Crippen LogP contribution < -0.4 is 0 Å². The SMILES string of the molecule is O=C1C=C/C(=C(\c2ccccc2)c2ccc(O)c(Br)c2)c2ccccc21. The van der Waals surface area contributed by atoms with Crippen molar-refractivity contribution in [3.8, 4) is 5.75 Å². The minimum absolute atomic E-state index is 0.0173. The number of carbonyl (C=O) groups excluding carboxylic acids is 1. The first-order chi connectivity index (χ1) is 12.6. The van der Waals surface area contributed by atoms with E-state index in [1.54, 1.807) is 12.1 Å². The summed E-state index contributed by atoms with van der Waals surface area (Å²) < 4.78 is 0.633. The Kier molecular flexibility index (Phi) is 4.31. The molecule has 26 heavy (non-hydrogen) atoms. The maximum Gasteiger partial charge on any atom is 0.186 e. The zero-order valence-corrected chi connectivity index (χ0v) is 15.4. The Bertz CT molecular complexity index is 1060. The summed E-state index contributed by atoms with van der Waals surface area (Å²) in [7, 11) is 0. The molecule has 3 aromatic rings. The second-order valence-corrected chi connectivity index (χ2v) is 6.92. The summed E-state index contributed by atoms with van der Waals surface area (Å²) in [4.78, 5) is 12.3. The first kappa shape index (κ1) is 16.6. The number of rotatable bonds is 2. The lowest BCUT2D eigenvalue weighted by atomic mass is 9.84. The first-order valence-electron chi connectivity index (χ1n) is 8.25. The Morgan fingerprint density at radius 1 is 0.769 bits per heavy atom. The molecule has 0 saturated carbocycles. The highest BCUT2D eigenvalue weighted by molar-refractivity contribution is 9.10. The number of halogens is 1. The number of phenolic OH excluding ortho intramolecular Hbond substituents is 1. The van der Waals surface area contributed by atoms with E-state index in [0.29, 0.717) is 10.0 Å². The van der Waals surface area contributed by atoms with Crippen molar-refractivity contribution < 1.29 is 9.90 Å². The van der Waals surface area contributed by atoms with Crippen LogP contribution in [0.15, 0.2) is 89.4 Å². The Balaban J connectivity index is 2.06. The van der Waals surface area contributed by atoms with Crippen molar-refractivity contribution in [3.05, 3.63) is 112 Å². The number of fused-ring (bicyclic) bond motifs is 1. The van der Waals surface area contributed by atoms with E-state index < -0.39 is 0 Å². The van der Waals surface area contributed by atoms with Gasteiger partial charge in [-0.15, -0.1) is 0 Å². The molecule has 0 unspecified atom stereocenters. The monoisotopic (exact) mass is 402 g/mol. The number of hydrogen-bond acceptors (Lipinski definition) is 2. The minimum Gasteiger partial charge on any atom is -0.507 e. The van der Waals surface area contributed by atoms with E-state index in [-0.39, 0.29) is 11.5 Å². The van der Waals surface area contributed by atoms with Crippen LogP contribution in [0.4, 0.5) is 0 Å². The molecule has 1 N–H and O–H groups in total. The van der Waals surface area contributed by atoms with Crippen molar-refractivity contribution in [3.63, 3.8) is 0 Å². The predicted molar refractivity (Wildman–Crippen MR) is 108 cm³/mol. The van der Waals surface area contributed by atoms with E-state index >= 15 is 0 Å². The third-order valence-corrected chi connectivity index (χ3v) is 5.09. The van der Waals surface area contributed by atoms with Gasteiger partial charge in [-0.3, -0.25) is 4.79 Å². The van der Waals surface area contributed by atoms with E-state index in [1.165, 1.54) is 0 Å². The van der Waals surface area contributed by atoms with Gasteiger partial charge in [0.15, 0.2) is 5.78 Å². The lowest BCUT2D eigenvalue weighted by molar-refractivity contribution is 0.104.